The molecule has 0 aromatic rings. The minimum absolute atomic E-state index is 0.540. The molecule has 0 saturated carbocycles. The molecule has 8 heavy (non-hydrogen) atoms. The van der Waals surface area contributed by atoms with Gasteiger partial charge in [-0.3, -0.25) is 0 Å². The van der Waals surface area contributed by atoms with Crippen molar-refractivity contribution in [3.8, 4) is 0 Å². The summed E-state index contributed by atoms with van der Waals surface area (Å²) < 4.78 is 23.4. The van der Waals surface area contributed by atoms with Crippen LogP contribution in [0.3, 0.4) is 0 Å². The maximum Gasteiger partial charge on any atom is 0.312 e. The summed E-state index contributed by atoms with van der Waals surface area (Å²) in [5.74, 6) is 0. The Kier molecular flexibility index (Phi) is 4.12. The van der Waals surface area contributed by atoms with Crippen molar-refractivity contribution in [2.24, 2.45) is 0 Å². The lowest BCUT2D eigenvalue weighted by molar-refractivity contribution is -1.64. The molecule has 0 saturated heterocycles. The zero-order valence-corrected chi connectivity index (χ0v) is 5.51. The standard InChI is InChI=1S/C3H8ClNO3/c1-3-5(2)8-4(6)7/h3H2,1-2H3. The zero-order valence-electron chi connectivity index (χ0n) is 4.76. The highest BCUT2D eigenvalue weighted by Crippen LogP contribution is 1.83. The van der Waals surface area contributed by atoms with E-state index < -0.39 is 10.8 Å². The molecule has 0 heterocycles. The summed E-state index contributed by atoms with van der Waals surface area (Å²) in [5, 5.41) is 1.19. The predicted octanol–water partition coefficient (Wildman–Crippen LogP) is -2.04. The van der Waals surface area contributed by atoms with Crippen LogP contribution in [-0.2, 0) is 4.39 Å². The van der Waals surface area contributed by atoms with Crippen LogP contribution in [0.4, 0.5) is 0 Å². The van der Waals surface area contributed by atoms with Gasteiger partial charge in [0.2, 0.25) is 0 Å². The van der Waals surface area contributed by atoms with Gasteiger partial charge in [0.15, 0.2) is 0 Å². The molecule has 0 atom stereocenters. The summed E-state index contributed by atoms with van der Waals surface area (Å²) in [5.41, 5.74) is 0. The average molecular weight is 142 g/mol. The lowest BCUT2D eigenvalue weighted by Gasteiger charge is -2.02. The molecule has 0 aliphatic carbocycles. The minimum Gasteiger partial charge on any atom is -0.319 e. The van der Waals surface area contributed by atoms with Crippen LogP contribution in [0.1, 0.15) is 6.92 Å². The van der Waals surface area contributed by atoms with E-state index in [4.69, 9.17) is 0 Å². The Morgan fingerprint density at radius 1 is 1.62 bits per heavy atom. The number of hydroxylamine groups is 2. The molecule has 4 nitrogen and oxygen atoms in total. The van der Waals surface area contributed by atoms with Gasteiger partial charge in [0.05, 0.1) is 0 Å². The van der Waals surface area contributed by atoms with E-state index in [0.29, 0.717) is 6.54 Å². The Morgan fingerprint density at radius 3 is 2.25 bits per heavy atom. The molecule has 0 rings (SSSR count). The van der Waals surface area contributed by atoms with Crippen LogP contribution in [0.5, 0.6) is 0 Å². The first-order valence-corrected chi connectivity index (χ1v) is 3.04. The van der Waals surface area contributed by atoms with Gasteiger partial charge in [-0.15, -0.1) is 0 Å². The molecule has 0 unspecified atom stereocenters. The van der Waals surface area contributed by atoms with Crippen molar-refractivity contribution in [2.45, 2.75) is 6.92 Å². The fraction of sp³-hybridized carbons (Fsp3) is 1.00. The smallest absolute Gasteiger partial charge is 0.312 e. The van der Waals surface area contributed by atoms with Crippen LogP contribution >= 0.6 is 0 Å². The van der Waals surface area contributed by atoms with Crippen molar-refractivity contribution >= 4 is 0 Å². The van der Waals surface area contributed by atoms with Crippen LogP contribution in [-0.4, -0.2) is 18.7 Å². The molecule has 0 amide bonds. The Labute approximate surface area is 51.0 Å². The molecule has 0 N–H and O–H groups in total. The summed E-state index contributed by atoms with van der Waals surface area (Å²) in [6.07, 6.45) is 0. The molecule has 0 bridgehead atoms. The normalized spacial score (nSPS) is 11.2. The minimum atomic E-state index is -2.12. The zero-order chi connectivity index (χ0) is 6.57. The third-order valence-corrected chi connectivity index (χ3v) is 0.968. The Balaban J connectivity index is 3.10. The van der Waals surface area contributed by atoms with Crippen LogP contribution < -0.4 is 9.32 Å². The third-order valence-electron chi connectivity index (χ3n) is 0.619. The van der Waals surface area contributed by atoms with Crippen LogP contribution in [0, 0.1) is 10.8 Å². The number of hydrogen-bond donors (Lipinski definition) is 0. The Hall–Kier alpha value is 0.130. The summed E-state index contributed by atoms with van der Waals surface area (Å²) in [6.45, 7) is 2.32. The van der Waals surface area contributed by atoms with Gasteiger partial charge in [-0.2, -0.15) is 0 Å². The molecule has 0 radical (unpaired) electrons. The van der Waals surface area contributed by atoms with Crippen molar-refractivity contribution in [3.63, 3.8) is 0 Å². The third kappa shape index (κ3) is 4.29. The van der Waals surface area contributed by atoms with Gasteiger partial charge in [-0.1, -0.05) is 5.06 Å². The van der Waals surface area contributed by atoms with Crippen LogP contribution in [0.15, 0.2) is 0 Å². The molecule has 0 aliphatic rings. The molecular formula is C3H8ClNO3. The fourth-order valence-corrected chi connectivity index (χ4v) is 0.435. The van der Waals surface area contributed by atoms with Crippen LogP contribution in [0.25, 0.3) is 0 Å². The molecule has 0 aliphatic heterocycles. The second-order valence-corrected chi connectivity index (χ2v) is 1.72. The van der Waals surface area contributed by atoms with E-state index in [1.165, 1.54) is 12.1 Å². The monoisotopic (exact) mass is 141 g/mol. The van der Waals surface area contributed by atoms with E-state index >= 15 is 0 Å². The van der Waals surface area contributed by atoms with Gasteiger partial charge in [-0.25, -0.2) is 0 Å². The highest BCUT2D eigenvalue weighted by atomic mass is 35.6. The largest absolute Gasteiger partial charge is 0.319 e. The first-order valence-electron chi connectivity index (χ1n) is 2.12. The van der Waals surface area contributed by atoms with Gasteiger partial charge >= 0.3 is 10.8 Å². The van der Waals surface area contributed by atoms with Crippen molar-refractivity contribution in [3.05, 3.63) is 0 Å². The lowest BCUT2D eigenvalue weighted by atomic mass is 10.8. The molecule has 50 valence electrons. The second kappa shape index (κ2) is 4.05. The summed E-state index contributed by atoms with van der Waals surface area (Å²) >= 11 is 0. The second-order valence-electron chi connectivity index (χ2n) is 1.20. The predicted molar refractivity (Wildman–Crippen MR) is 19.4 cm³/mol. The fourth-order valence-electron chi connectivity index (χ4n) is 0.145. The molecular weight excluding hydrogens is 133 g/mol. The van der Waals surface area contributed by atoms with Gasteiger partial charge in [0.1, 0.15) is 4.39 Å². The summed E-state index contributed by atoms with van der Waals surface area (Å²) in [4.78, 5) is 0. The van der Waals surface area contributed by atoms with E-state index in [1.807, 2.05) is 0 Å². The number of halogens is 1. The van der Waals surface area contributed by atoms with Gasteiger partial charge in [0, 0.05) is 13.6 Å². The molecule has 0 fully saturated rings. The first kappa shape index (κ1) is 8.13. The molecule has 0 aromatic carbocycles. The van der Waals surface area contributed by atoms with E-state index in [0.717, 1.165) is 0 Å². The molecule has 0 aromatic heterocycles. The van der Waals surface area contributed by atoms with E-state index in [9.17, 15) is 9.32 Å². The first-order chi connectivity index (χ1) is 3.66. The van der Waals surface area contributed by atoms with Gasteiger partial charge in [-0.05, 0) is 6.92 Å². The topological polar surface area (TPSA) is 58.6 Å². The van der Waals surface area contributed by atoms with Crippen molar-refractivity contribution in [2.75, 3.05) is 13.6 Å². The SMILES string of the molecule is CCN(C)O[Cl+2]([O-])[O-]. The number of hydrogen-bond acceptors (Lipinski definition) is 4. The van der Waals surface area contributed by atoms with Gasteiger partial charge < -0.3 is 9.32 Å². The maximum atomic E-state index is 9.67. The van der Waals surface area contributed by atoms with Crippen molar-refractivity contribution in [1.29, 1.82) is 0 Å². The van der Waals surface area contributed by atoms with Crippen molar-refractivity contribution in [1.82, 2.24) is 5.06 Å². The summed E-state index contributed by atoms with van der Waals surface area (Å²) in [7, 11) is -0.591. The molecule has 0 spiro atoms. The lowest BCUT2D eigenvalue weighted by Crippen LogP contribution is -2.39. The Bertz CT molecular complexity index is 60.5. The van der Waals surface area contributed by atoms with Gasteiger partial charge in [0.25, 0.3) is 0 Å². The van der Waals surface area contributed by atoms with E-state index in [2.05, 4.69) is 4.39 Å². The van der Waals surface area contributed by atoms with Crippen molar-refractivity contribution < 1.29 is 24.5 Å². The number of nitrogens with zero attached hydrogens (tertiary/aromatic N) is 1. The van der Waals surface area contributed by atoms with Crippen LogP contribution in [0.2, 0.25) is 0 Å². The van der Waals surface area contributed by atoms with E-state index in [-0.39, 0.29) is 0 Å². The maximum absolute atomic E-state index is 9.67. The van der Waals surface area contributed by atoms with E-state index in [1.54, 1.807) is 6.92 Å². The average Bonchev–Trinajstić information content (AvgIpc) is 1.65. The highest BCUT2D eigenvalue weighted by molar-refractivity contribution is 4.16. The summed E-state index contributed by atoms with van der Waals surface area (Å²) in [6, 6.07) is 0. The number of rotatable bonds is 3. The molecule has 5 heteroatoms. The quantitative estimate of drug-likeness (QED) is 0.425. The Morgan fingerprint density at radius 2 is 2.12 bits per heavy atom. The highest BCUT2D eigenvalue weighted by Gasteiger charge is 2.10.